The van der Waals surface area contributed by atoms with Crippen LogP contribution < -0.4 is 10.6 Å². The third-order valence-electron chi connectivity index (χ3n) is 4.17. The van der Waals surface area contributed by atoms with E-state index < -0.39 is 0 Å². The number of ether oxygens (including phenoxy) is 1. The van der Waals surface area contributed by atoms with Gasteiger partial charge in [-0.2, -0.15) is 0 Å². The van der Waals surface area contributed by atoms with E-state index in [1.165, 1.54) is 24.2 Å². The molecule has 0 saturated carbocycles. The number of likely N-dealkylation sites (tertiary alicyclic amines) is 1. The molecule has 0 radical (unpaired) electrons. The van der Waals surface area contributed by atoms with Gasteiger partial charge in [-0.15, -0.1) is 10.2 Å². The van der Waals surface area contributed by atoms with E-state index in [1.54, 1.807) is 5.51 Å². The molecule has 2 aliphatic rings. The van der Waals surface area contributed by atoms with Gasteiger partial charge in [0, 0.05) is 25.1 Å². The highest BCUT2D eigenvalue weighted by Crippen LogP contribution is 2.24. The predicted molar refractivity (Wildman–Crippen MR) is 80.5 cm³/mol. The largest absolute Gasteiger partial charge is 0.381 e. The molecule has 0 aromatic carbocycles. The molecule has 1 aromatic heterocycles. The van der Waals surface area contributed by atoms with Crippen molar-refractivity contribution in [2.45, 2.75) is 25.3 Å². The lowest BCUT2D eigenvalue weighted by Gasteiger charge is -2.31. The number of nitrogens with one attached hydrogen (secondary N) is 2. The summed E-state index contributed by atoms with van der Waals surface area (Å²) in [6.45, 7) is 4.55. The van der Waals surface area contributed by atoms with Crippen molar-refractivity contribution in [3.63, 3.8) is 0 Å². The number of carbonyl (C=O) groups excluding carboxylic acids is 1. The number of hydrogen-bond acceptors (Lipinski definition) is 6. The van der Waals surface area contributed by atoms with E-state index in [0.717, 1.165) is 32.7 Å². The maximum absolute atomic E-state index is 11.9. The summed E-state index contributed by atoms with van der Waals surface area (Å²) in [5, 5.41) is 13.7. The molecule has 8 heteroatoms. The Hall–Kier alpha value is -1.25. The van der Waals surface area contributed by atoms with Crippen molar-refractivity contribution in [1.82, 2.24) is 20.4 Å². The first-order chi connectivity index (χ1) is 10.3. The first kappa shape index (κ1) is 14.7. The van der Waals surface area contributed by atoms with Gasteiger partial charge < -0.3 is 10.1 Å². The number of urea groups is 1. The zero-order chi connectivity index (χ0) is 14.5. The highest BCUT2D eigenvalue weighted by molar-refractivity contribution is 7.13. The Morgan fingerprint density at radius 3 is 3.05 bits per heavy atom. The second-order valence-electron chi connectivity index (χ2n) is 5.51. The molecule has 0 spiro atoms. The van der Waals surface area contributed by atoms with Crippen LogP contribution in [0.25, 0.3) is 0 Å². The molecule has 21 heavy (non-hydrogen) atoms. The van der Waals surface area contributed by atoms with Gasteiger partial charge in [-0.05, 0) is 32.4 Å². The summed E-state index contributed by atoms with van der Waals surface area (Å²) < 4.78 is 5.52. The molecule has 2 N–H and O–H groups in total. The van der Waals surface area contributed by atoms with Gasteiger partial charge in [0.1, 0.15) is 5.51 Å². The summed E-state index contributed by atoms with van der Waals surface area (Å²) in [7, 11) is 0. The molecule has 3 heterocycles. The van der Waals surface area contributed by atoms with E-state index in [1.807, 2.05) is 0 Å². The maximum atomic E-state index is 11.9. The van der Waals surface area contributed by atoms with Crippen LogP contribution in [0.3, 0.4) is 0 Å². The molecule has 0 aliphatic carbocycles. The Labute approximate surface area is 128 Å². The topological polar surface area (TPSA) is 79.4 Å². The minimum absolute atomic E-state index is 0.213. The normalized spacial score (nSPS) is 24.1. The second kappa shape index (κ2) is 7.15. The third-order valence-corrected chi connectivity index (χ3v) is 4.78. The summed E-state index contributed by atoms with van der Waals surface area (Å²) in [5.74, 6) is 0.518. The van der Waals surface area contributed by atoms with Gasteiger partial charge in [-0.25, -0.2) is 4.79 Å². The van der Waals surface area contributed by atoms with Crippen molar-refractivity contribution in [3.05, 3.63) is 5.51 Å². The Kier molecular flexibility index (Phi) is 5.00. The van der Waals surface area contributed by atoms with Crippen molar-refractivity contribution in [2.24, 2.45) is 5.92 Å². The van der Waals surface area contributed by atoms with E-state index in [2.05, 4.69) is 25.7 Å². The first-order valence-electron chi connectivity index (χ1n) is 7.46. The fourth-order valence-electron chi connectivity index (χ4n) is 3.09. The molecule has 2 amide bonds. The van der Waals surface area contributed by atoms with Crippen molar-refractivity contribution in [1.29, 1.82) is 0 Å². The molecule has 1 aromatic rings. The average Bonchev–Trinajstić information content (AvgIpc) is 3.23. The molecule has 3 rings (SSSR count). The van der Waals surface area contributed by atoms with E-state index in [0.29, 0.717) is 23.6 Å². The van der Waals surface area contributed by atoms with E-state index in [4.69, 9.17) is 4.74 Å². The van der Waals surface area contributed by atoms with Crippen LogP contribution in [-0.4, -0.2) is 60.0 Å². The molecule has 2 aliphatic heterocycles. The Morgan fingerprint density at radius 2 is 2.38 bits per heavy atom. The smallest absolute Gasteiger partial charge is 0.321 e. The van der Waals surface area contributed by atoms with E-state index >= 15 is 0 Å². The SMILES string of the molecule is O=C(NC[C@H]([C@H]1CCOC1)N1CCCC1)Nc1nncs1. The lowest BCUT2D eigenvalue weighted by molar-refractivity contribution is 0.135. The number of amides is 2. The lowest BCUT2D eigenvalue weighted by atomic mass is 9.97. The number of nitrogens with zero attached hydrogens (tertiary/aromatic N) is 3. The minimum atomic E-state index is -0.213. The molecule has 2 atom stereocenters. The highest BCUT2D eigenvalue weighted by Gasteiger charge is 2.32. The van der Waals surface area contributed by atoms with Gasteiger partial charge in [0.2, 0.25) is 5.13 Å². The monoisotopic (exact) mass is 311 g/mol. The number of aromatic nitrogens is 2. The van der Waals surface area contributed by atoms with Crippen LogP contribution in [0.5, 0.6) is 0 Å². The minimum Gasteiger partial charge on any atom is -0.381 e. The number of hydrogen-bond donors (Lipinski definition) is 2. The fraction of sp³-hybridized carbons (Fsp3) is 0.769. The van der Waals surface area contributed by atoms with Crippen molar-refractivity contribution in [2.75, 3.05) is 38.2 Å². The maximum Gasteiger partial charge on any atom is 0.321 e. The summed E-state index contributed by atoms with van der Waals surface area (Å²) in [6.07, 6.45) is 3.59. The second-order valence-corrected chi connectivity index (χ2v) is 6.35. The molecule has 116 valence electrons. The summed E-state index contributed by atoms with van der Waals surface area (Å²) in [6, 6.07) is 0.157. The van der Waals surface area contributed by atoms with Crippen LogP contribution in [0.1, 0.15) is 19.3 Å². The molecule has 2 fully saturated rings. The van der Waals surface area contributed by atoms with Crippen LogP contribution in [0, 0.1) is 5.92 Å². The molecule has 7 nitrogen and oxygen atoms in total. The van der Waals surface area contributed by atoms with Crippen molar-refractivity contribution in [3.8, 4) is 0 Å². The lowest BCUT2D eigenvalue weighted by Crippen LogP contribution is -2.48. The quantitative estimate of drug-likeness (QED) is 0.853. The standard InChI is InChI=1S/C13H21N5O2S/c19-12(16-13-17-15-9-21-13)14-7-11(10-3-6-20-8-10)18-4-1-2-5-18/h9-11H,1-8H2,(H2,14,16,17,19)/t10-,11+/m0/s1. The zero-order valence-corrected chi connectivity index (χ0v) is 12.8. The molecule has 0 bridgehead atoms. The fourth-order valence-corrected chi connectivity index (χ4v) is 3.53. The first-order valence-corrected chi connectivity index (χ1v) is 8.34. The van der Waals surface area contributed by atoms with E-state index in [9.17, 15) is 4.79 Å². The number of anilines is 1. The summed E-state index contributed by atoms with van der Waals surface area (Å²) in [5.41, 5.74) is 1.60. The van der Waals surface area contributed by atoms with Crippen LogP contribution in [0.15, 0.2) is 5.51 Å². The molecule has 0 unspecified atom stereocenters. The Morgan fingerprint density at radius 1 is 1.52 bits per heavy atom. The summed E-state index contributed by atoms with van der Waals surface area (Å²) >= 11 is 1.31. The number of rotatable bonds is 5. The van der Waals surface area contributed by atoms with Crippen molar-refractivity contribution < 1.29 is 9.53 Å². The molecular weight excluding hydrogens is 290 g/mol. The number of carbonyl (C=O) groups is 1. The Balaban J connectivity index is 1.52. The van der Waals surface area contributed by atoms with Crippen LogP contribution in [0.4, 0.5) is 9.93 Å². The highest BCUT2D eigenvalue weighted by atomic mass is 32.1. The van der Waals surface area contributed by atoms with Crippen LogP contribution in [0.2, 0.25) is 0 Å². The van der Waals surface area contributed by atoms with Gasteiger partial charge in [0.25, 0.3) is 0 Å². The van der Waals surface area contributed by atoms with Gasteiger partial charge in [0.05, 0.1) is 6.61 Å². The van der Waals surface area contributed by atoms with Gasteiger partial charge in [-0.1, -0.05) is 11.3 Å². The predicted octanol–water partition coefficient (Wildman–Crippen LogP) is 1.16. The Bertz CT molecular complexity index is 427. The van der Waals surface area contributed by atoms with Gasteiger partial charge >= 0.3 is 6.03 Å². The van der Waals surface area contributed by atoms with Crippen LogP contribution in [-0.2, 0) is 4.74 Å². The third kappa shape index (κ3) is 3.90. The van der Waals surface area contributed by atoms with Gasteiger partial charge in [0.15, 0.2) is 0 Å². The van der Waals surface area contributed by atoms with E-state index in [-0.39, 0.29) is 6.03 Å². The molecule has 2 saturated heterocycles. The average molecular weight is 311 g/mol. The zero-order valence-electron chi connectivity index (χ0n) is 12.0. The van der Waals surface area contributed by atoms with Gasteiger partial charge in [-0.3, -0.25) is 10.2 Å². The van der Waals surface area contributed by atoms with Crippen molar-refractivity contribution >= 4 is 22.5 Å². The summed E-state index contributed by atoms with van der Waals surface area (Å²) in [4.78, 5) is 14.4. The molecular formula is C13H21N5O2S. The van der Waals surface area contributed by atoms with Crippen LogP contribution >= 0.6 is 11.3 Å².